The Morgan fingerprint density at radius 3 is 2.40 bits per heavy atom. The number of furan rings is 1. The van der Waals surface area contributed by atoms with E-state index in [1.807, 2.05) is 48.3 Å². The van der Waals surface area contributed by atoms with Crippen molar-refractivity contribution in [3.05, 3.63) is 46.6 Å². The van der Waals surface area contributed by atoms with E-state index in [9.17, 15) is 9.59 Å². The summed E-state index contributed by atoms with van der Waals surface area (Å²) in [5, 5.41) is 2.50. The van der Waals surface area contributed by atoms with E-state index >= 15 is 0 Å². The highest BCUT2D eigenvalue weighted by Crippen LogP contribution is 2.24. The second-order valence-corrected chi connectivity index (χ2v) is 6.78. The van der Waals surface area contributed by atoms with Gasteiger partial charge in [-0.15, -0.1) is 0 Å². The van der Waals surface area contributed by atoms with E-state index in [1.54, 1.807) is 14.1 Å². The van der Waals surface area contributed by atoms with Gasteiger partial charge in [0.05, 0.1) is 19.6 Å². The van der Waals surface area contributed by atoms with Crippen molar-refractivity contribution in [3.8, 4) is 11.3 Å². The lowest BCUT2D eigenvalue weighted by atomic mass is 10.2. The molecule has 1 heterocycles. The highest BCUT2D eigenvalue weighted by molar-refractivity contribution is 9.10. The van der Waals surface area contributed by atoms with Gasteiger partial charge in [0.1, 0.15) is 11.5 Å². The van der Waals surface area contributed by atoms with Gasteiger partial charge < -0.3 is 14.6 Å². The molecule has 2 aromatic rings. The molecule has 2 rings (SSSR count). The first-order valence-electron chi connectivity index (χ1n) is 7.86. The van der Waals surface area contributed by atoms with Crippen molar-refractivity contribution in [3.63, 3.8) is 0 Å². The van der Waals surface area contributed by atoms with Crippen molar-refractivity contribution in [1.82, 2.24) is 15.1 Å². The first-order valence-corrected chi connectivity index (χ1v) is 8.66. The van der Waals surface area contributed by atoms with Crippen LogP contribution in [-0.2, 0) is 16.1 Å². The summed E-state index contributed by atoms with van der Waals surface area (Å²) in [5.41, 5.74) is 0.999. The lowest BCUT2D eigenvalue weighted by Gasteiger charge is -2.20. The normalized spacial score (nSPS) is 10.8. The molecular formula is C18H22BrN3O3. The Kier molecular flexibility index (Phi) is 6.78. The molecule has 0 saturated carbocycles. The largest absolute Gasteiger partial charge is 0.460 e. The van der Waals surface area contributed by atoms with Gasteiger partial charge in [-0.1, -0.05) is 28.1 Å². The highest BCUT2D eigenvalue weighted by Gasteiger charge is 2.15. The quantitative estimate of drug-likeness (QED) is 0.764. The zero-order valence-corrected chi connectivity index (χ0v) is 16.2. The summed E-state index contributed by atoms with van der Waals surface area (Å²) in [6.45, 7) is 0.773. The molecule has 0 bridgehead atoms. The molecule has 0 radical (unpaired) electrons. The Labute approximate surface area is 155 Å². The van der Waals surface area contributed by atoms with E-state index in [2.05, 4.69) is 21.2 Å². The number of rotatable bonds is 7. The number of nitrogens with one attached hydrogen (secondary N) is 1. The molecular weight excluding hydrogens is 386 g/mol. The molecule has 25 heavy (non-hydrogen) atoms. The average molecular weight is 408 g/mol. The molecule has 0 aliphatic rings. The minimum absolute atomic E-state index is 0.0532. The summed E-state index contributed by atoms with van der Waals surface area (Å²) in [7, 11) is 5.00. The van der Waals surface area contributed by atoms with Gasteiger partial charge in [0, 0.05) is 24.1 Å². The average Bonchev–Trinajstić information content (AvgIpc) is 3.03. The van der Waals surface area contributed by atoms with Crippen LogP contribution in [0.25, 0.3) is 11.3 Å². The van der Waals surface area contributed by atoms with Gasteiger partial charge in [-0.05, 0) is 31.3 Å². The number of hydrogen-bond acceptors (Lipinski definition) is 4. The third-order valence-electron chi connectivity index (χ3n) is 3.71. The SMILES string of the molecule is CNC(=O)CN(C)C(=O)CN(C)Cc1ccc(-c2ccc(Br)cc2)o1. The second-order valence-electron chi connectivity index (χ2n) is 5.87. The molecule has 7 heteroatoms. The molecule has 0 spiro atoms. The van der Waals surface area contributed by atoms with Crippen LogP contribution in [-0.4, -0.2) is 55.8 Å². The number of amides is 2. The summed E-state index contributed by atoms with van der Waals surface area (Å²) in [4.78, 5) is 26.7. The van der Waals surface area contributed by atoms with E-state index in [0.29, 0.717) is 6.54 Å². The molecule has 0 atom stereocenters. The molecule has 0 unspecified atom stereocenters. The Morgan fingerprint density at radius 1 is 1.08 bits per heavy atom. The molecule has 1 N–H and O–H groups in total. The van der Waals surface area contributed by atoms with Crippen molar-refractivity contribution >= 4 is 27.7 Å². The minimum Gasteiger partial charge on any atom is -0.460 e. The van der Waals surface area contributed by atoms with Gasteiger partial charge >= 0.3 is 0 Å². The molecule has 1 aromatic carbocycles. The number of likely N-dealkylation sites (N-methyl/N-ethyl adjacent to an activating group) is 3. The Balaban J connectivity index is 1.90. The van der Waals surface area contributed by atoms with Gasteiger partial charge in [0.25, 0.3) is 0 Å². The number of carbonyl (C=O) groups excluding carboxylic acids is 2. The maximum absolute atomic E-state index is 12.1. The Morgan fingerprint density at radius 2 is 1.76 bits per heavy atom. The van der Waals surface area contributed by atoms with Gasteiger partial charge in [0.2, 0.25) is 11.8 Å². The topological polar surface area (TPSA) is 65.8 Å². The van der Waals surface area contributed by atoms with Crippen LogP contribution in [0.2, 0.25) is 0 Å². The smallest absolute Gasteiger partial charge is 0.239 e. The first kappa shape index (κ1) is 19.2. The minimum atomic E-state index is -0.191. The van der Waals surface area contributed by atoms with Gasteiger partial charge in [-0.25, -0.2) is 0 Å². The van der Waals surface area contributed by atoms with Crippen LogP contribution >= 0.6 is 15.9 Å². The summed E-state index contributed by atoms with van der Waals surface area (Å²) in [6, 6.07) is 11.7. The zero-order chi connectivity index (χ0) is 18.4. The standard InChI is InChI=1S/C18H22BrN3O3/c1-20-17(23)11-22(3)18(24)12-21(2)10-15-8-9-16(25-15)13-4-6-14(19)7-5-13/h4-9H,10-12H2,1-3H3,(H,20,23). The van der Waals surface area contributed by atoms with E-state index < -0.39 is 0 Å². The fraction of sp³-hybridized carbons (Fsp3) is 0.333. The van der Waals surface area contributed by atoms with E-state index in [4.69, 9.17) is 4.42 Å². The van der Waals surface area contributed by atoms with E-state index in [-0.39, 0.29) is 24.9 Å². The van der Waals surface area contributed by atoms with Crippen LogP contribution in [0.3, 0.4) is 0 Å². The van der Waals surface area contributed by atoms with Crippen molar-refractivity contribution in [2.45, 2.75) is 6.54 Å². The van der Waals surface area contributed by atoms with Crippen LogP contribution < -0.4 is 5.32 Å². The number of hydrogen-bond donors (Lipinski definition) is 1. The number of nitrogens with zero attached hydrogens (tertiary/aromatic N) is 2. The first-order chi connectivity index (χ1) is 11.9. The lowest BCUT2D eigenvalue weighted by molar-refractivity contribution is -0.135. The fourth-order valence-electron chi connectivity index (χ4n) is 2.29. The maximum atomic E-state index is 12.1. The number of benzene rings is 1. The van der Waals surface area contributed by atoms with Crippen molar-refractivity contribution in [2.75, 3.05) is 34.2 Å². The summed E-state index contributed by atoms with van der Waals surface area (Å²) in [5.74, 6) is 1.26. The van der Waals surface area contributed by atoms with E-state index in [1.165, 1.54) is 4.90 Å². The van der Waals surface area contributed by atoms with E-state index in [0.717, 1.165) is 21.6 Å². The van der Waals surface area contributed by atoms with Gasteiger partial charge in [-0.3, -0.25) is 14.5 Å². The fourth-order valence-corrected chi connectivity index (χ4v) is 2.55. The van der Waals surface area contributed by atoms with Crippen molar-refractivity contribution < 1.29 is 14.0 Å². The lowest BCUT2D eigenvalue weighted by Crippen LogP contribution is -2.41. The summed E-state index contributed by atoms with van der Waals surface area (Å²) in [6.07, 6.45) is 0. The number of carbonyl (C=O) groups is 2. The second kappa shape index (κ2) is 8.82. The maximum Gasteiger partial charge on any atom is 0.239 e. The summed E-state index contributed by atoms with van der Waals surface area (Å²) >= 11 is 3.41. The van der Waals surface area contributed by atoms with Crippen LogP contribution in [0.15, 0.2) is 45.3 Å². The van der Waals surface area contributed by atoms with Crippen LogP contribution in [0, 0.1) is 0 Å². The van der Waals surface area contributed by atoms with Gasteiger partial charge in [-0.2, -0.15) is 0 Å². The van der Waals surface area contributed by atoms with Crippen molar-refractivity contribution in [1.29, 1.82) is 0 Å². The Hall–Kier alpha value is -2.12. The predicted octanol–water partition coefficient (Wildman–Crippen LogP) is 2.35. The molecule has 134 valence electrons. The van der Waals surface area contributed by atoms with Crippen LogP contribution in [0.5, 0.6) is 0 Å². The van der Waals surface area contributed by atoms with Crippen molar-refractivity contribution in [2.24, 2.45) is 0 Å². The third-order valence-corrected chi connectivity index (χ3v) is 4.24. The highest BCUT2D eigenvalue weighted by atomic mass is 79.9. The van der Waals surface area contributed by atoms with Gasteiger partial charge in [0.15, 0.2) is 0 Å². The van der Waals surface area contributed by atoms with Crippen LogP contribution in [0.1, 0.15) is 5.76 Å². The molecule has 1 aromatic heterocycles. The molecule has 2 amide bonds. The predicted molar refractivity (Wildman–Crippen MR) is 99.9 cm³/mol. The Bertz CT molecular complexity index is 727. The number of halogens is 1. The monoisotopic (exact) mass is 407 g/mol. The molecule has 0 aliphatic heterocycles. The zero-order valence-electron chi connectivity index (χ0n) is 14.6. The molecule has 6 nitrogen and oxygen atoms in total. The summed E-state index contributed by atoms with van der Waals surface area (Å²) < 4.78 is 6.87. The van der Waals surface area contributed by atoms with Crippen LogP contribution in [0.4, 0.5) is 0 Å². The molecule has 0 aliphatic carbocycles. The molecule has 0 saturated heterocycles. The third kappa shape index (κ3) is 5.72. The molecule has 0 fully saturated rings.